The van der Waals surface area contributed by atoms with Crippen LogP contribution in [-0.4, -0.2) is 44.6 Å². The molecule has 0 spiro atoms. The van der Waals surface area contributed by atoms with Crippen molar-refractivity contribution in [3.05, 3.63) is 10.6 Å². The van der Waals surface area contributed by atoms with Gasteiger partial charge in [0.2, 0.25) is 0 Å². The molecule has 6 nitrogen and oxygen atoms in total. The fourth-order valence-electron chi connectivity index (χ4n) is 1.60. The number of hydrogen-bond acceptors (Lipinski definition) is 5. The van der Waals surface area contributed by atoms with E-state index in [0.29, 0.717) is 17.1 Å². The van der Waals surface area contributed by atoms with Crippen LogP contribution in [0.15, 0.2) is 0 Å². The van der Waals surface area contributed by atoms with E-state index < -0.39 is 5.97 Å². The summed E-state index contributed by atoms with van der Waals surface area (Å²) in [7, 11) is 0. The molecule has 1 aromatic heterocycles. The van der Waals surface area contributed by atoms with E-state index in [2.05, 4.69) is 9.59 Å². The number of amides is 1. The van der Waals surface area contributed by atoms with E-state index in [1.165, 1.54) is 4.90 Å². The molecule has 0 aliphatic carbocycles. The van der Waals surface area contributed by atoms with Crippen LogP contribution in [0.3, 0.4) is 0 Å². The summed E-state index contributed by atoms with van der Waals surface area (Å²) >= 11 is 1.06. The van der Waals surface area contributed by atoms with Gasteiger partial charge in [0, 0.05) is 18.5 Å². The van der Waals surface area contributed by atoms with Crippen molar-refractivity contribution in [2.75, 3.05) is 13.1 Å². The van der Waals surface area contributed by atoms with Crippen LogP contribution in [0.1, 0.15) is 49.5 Å². The first-order chi connectivity index (χ1) is 8.77. The van der Waals surface area contributed by atoms with Crippen LogP contribution in [0.4, 0.5) is 0 Å². The van der Waals surface area contributed by atoms with E-state index in [-0.39, 0.29) is 24.3 Å². The van der Waals surface area contributed by atoms with E-state index in [1.54, 1.807) is 0 Å². The van der Waals surface area contributed by atoms with Gasteiger partial charge in [-0.05, 0) is 18.5 Å². The van der Waals surface area contributed by atoms with Crippen molar-refractivity contribution in [3.63, 3.8) is 0 Å². The van der Waals surface area contributed by atoms with E-state index >= 15 is 0 Å². The Morgan fingerprint density at radius 2 is 2.00 bits per heavy atom. The molecule has 1 aromatic rings. The van der Waals surface area contributed by atoms with Gasteiger partial charge >= 0.3 is 5.97 Å². The fourth-order valence-corrected chi connectivity index (χ4v) is 2.44. The molecule has 1 heterocycles. The Balaban J connectivity index is 2.92. The van der Waals surface area contributed by atoms with E-state index in [4.69, 9.17) is 5.11 Å². The van der Waals surface area contributed by atoms with Gasteiger partial charge in [0.05, 0.1) is 12.1 Å². The molecule has 0 aliphatic rings. The first-order valence-corrected chi connectivity index (χ1v) is 6.88. The SMILES string of the molecule is CCN(CCC(=O)O)C(=O)c1snnc1C(C)(C)C. The van der Waals surface area contributed by atoms with Gasteiger partial charge in [-0.15, -0.1) is 5.10 Å². The summed E-state index contributed by atoms with van der Waals surface area (Å²) in [5.41, 5.74) is 0.403. The maximum absolute atomic E-state index is 12.4. The minimum Gasteiger partial charge on any atom is -0.481 e. The van der Waals surface area contributed by atoms with Crippen molar-refractivity contribution in [3.8, 4) is 0 Å². The summed E-state index contributed by atoms with van der Waals surface area (Å²) in [5.74, 6) is -1.10. The van der Waals surface area contributed by atoms with Crippen LogP contribution in [0.25, 0.3) is 0 Å². The topological polar surface area (TPSA) is 83.4 Å². The molecule has 0 atom stereocenters. The van der Waals surface area contributed by atoms with Gasteiger partial charge in [-0.3, -0.25) is 9.59 Å². The average molecular weight is 285 g/mol. The molecule has 0 radical (unpaired) electrons. The molecule has 0 saturated heterocycles. The second-order valence-corrected chi connectivity index (χ2v) is 5.98. The summed E-state index contributed by atoms with van der Waals surface area (Å²) in [6.07, 6.45) is -0.0589. The number of rotatable bonds is 5. The largest absolute Gasteiger partial charge is 0.481 e. The van der Waals surface area contributed by atoms with Crippen LogP contribution in [0.2, 0.25) is 0 Å². The van der Waals surface area contributed by atoms with Crippen LogP contribution >= 0.6 is 11.5 Å². The molecule has 1 N–H and O–H groups in total. The Labute approximate surface area is 116 Å². The Morgan fingerprint density at radius 3 is 2.47 bits per heavy atom. The number of carbonyl (C=O) groups is 2. The number of nitrogens with zero attached hydrogens (tertiary/aromatic N) is 3. The Morgan fingerprint density at radius 1 is 1.37 bits per heavy atom. The van der Waals surface area contributed by atoms with Crippen molar-refractivity contribution in [1.29, 1.82) is 0 Å². The quantitative estimate of drug-likeness (QED) is 0.891. The minimum absolute atomic E-state index is 0.0589. The Hall–Kier alpha value is -1.50. The summed E-state index contributed by atoms with van der Waals surface area (Å²) in [4.78, 5) is 25.0. The lowest BCUT2D eigenvalue weighted by Crippen LogP contribution is -2.33. The minimum atomic E-state index is -0.912. The number of carboxylic acid groups (broad SMARTS) is 1. The summed E-state index contributed by atoms with van der Waals surface area (Å²) in [5, 5.41) is 12.7. The summed E-state index contributed by atoms with van der Waals surface area (Å²) in [6, 6.07) is 0. The number of carbonyl (C=O) groups excluding carboxylic acids is 1. The first-order valence-electron chi connectivity index (χ1n) is 6.11. The average Bonchev–Trinajstić information content (AvgIpc) is 2.77. The molecular formula is C12H19N3O3S. The third kappa shape index (κ3) is 3.99. The van der Waals surface area contributed by atoms with Gasteiger partial charge in [-0.2, -0.15) is 0 Å². The summed E-state index contributed by atoms with van der Waals surface area (Å²) < 4.78 is 3.85. The van der Waals surface area contributed by atoms with Crippen LogP contribution in [0, 0.1) is 0 Å². The molecule has 0 aliphatic heterocycles. The number of aliphatic carboxylic acids is 1. The monoisotopic (exact) mass is 285 g/mol. The van der Waals surface area contributed by atoms with Gasteiger partial charge in [0.1, 0.15) is 4.88 Å². The summed E-state index contributed by atoms with van der Waals surface area (Å²) in [6.45, 7) is 8.39. The normalized spacial score (nSPS) is 11.4. The lowest BCUT2D eigenvalue weighted by molar-refractivity contribution is -0.137. The maximum atomic E-state index is 12.4. The lowest BCUT2D eigenvalue weighted by atomic mass is 9.91. The third-order valence-corrected chi connectivity index (χ3v) is 3.37. The molecule has 1 amide bonds. The predicted molar refractivity (Wildman–Crippen MR) is 72.4 cm³/mol. The van der Waals surface area contributed by atoms with E-state index in [9.17, 15) is 9.59 Å². The molecule has 106 valence electrons. The third-order valence-electron chi connectivity index (χ3n) is 2.66. The molecule has 1 rings (SSSR count). The van der Waals surface area contributed by atoms with Crippen molar-refractivity contribution < 1.29 is 14.7 Å². The van der Waals surface area contributed by atoms with Crippen LogP contribution in [-0.2, 0) is 10.2 Å². The molecule has 0 saturated carbocycles. The molecule has 0 aromatic carbocycles. The van der Waals surface area contributed by atoms with Gasteiger partial charge in [-0.1, -0.05) is 25.3 Å². The van der Waals surface area contributed by atoms with Gasteiger partial charge < -0.3 is 10.0 Å². The number of carboxylic acids is 1. The fraction of sp³-hybridized carbons (Fsp3) is 0.667. The van der Waals surface area contributed by atoms with Crippen molar-refractivity contribution in [1.82, 2.24) is 14.5 Å². The first kappa shape index (κ1) is 15.6. The van der Waals surface area contributed by atoms with Crippen molar-refractivity contribution in [2.24, 2.45) is 0 Å². The number of hydrogen-bond donors (Lipinski definition) is 1. The molecule has 0 unspecified atom stereocenters. The van der Waals surface area contributed by atoms with Gasteiger partial charge in [0.25, 0.3) is 5.91 Å². The van der Waals surface area contributed by atoms with Crippen LogP contribution in [0.5, 0.6) is 0 Å². The van der Waals surface area contributed by atoms with Crippen LogP contribution < -0.4 is 0 Å². The zero-order chi connectivity index (χ0) is 14.6. The number of aromatic nitrogens is 2. The highest BCUT2D eigenvalue weighted by Gasteiger charge is 2.28. The highest BCUT2D eigenvalue weighted by Crippen LogP contribution is 2.26. The molecule has 0 bridgehead atoms. The van der Waals surface area contributed by atoms with Crippen molar-refractivity contribution >= 4 is 23.4 Å². The smallest absolute Gasteiger partial charge is 0.305 e. The van der Waals surface area contributed by atoms with E-state index in [0.717, 1.165) is 11.5 Å². The second kappa shape index (κ2) is 6.10. The van der Waals surface area contributed by atoms with Gasteiger partial charge in [-0.25, -0.2) is 0 Å². The van der Waals surface area contributed by atoms with Gasteiger partial charge in [0.15, 0.2) is 0 Å². The highest BCUT2D eigenvalue weighted by atomic mass is 32.1. The molecular weight excluding hydrogens is 266 g/mol. The van der Waals surface area contributed by atoms with Crippen molar-refractivity contribution in [2.45, 2.75) is 39.5 Å². The maximum Gasteiger partial charge on any atom is 0.305 e. The molecule has 0 fully saturated rings. The Bertz CT molecular complexity index is 465. The molecule has 7 heteroatoms. The molecule has 19 heavy (non-hydrogen) atoms. The predicted octanol–water partition coefficient (Wildman–Crippen LogP) is 1.77. The zero-order valence-electron chi connectivity index (χ0n) is 11.6. The standard InChI is InChI=1S/C12H19N3O3S/c1-5-15(7-6-8(16)17)11(18)9-10(12(2,3)4)13-14-19-9/h5-7H2,1-4H3,(H,16,17). The highest BCUT2D eigenvalue weighted by molar-refractivity contribution is 7.08. The van der Waals surface area contributed by atoms with E-state index in [1.807, 2.05) is 27.7 Å². The second-order valence-electron chi connectivity index (χ2n) is 5.23. The zero-order valence-corrected chi connectivity index (χ0v) is 12.5. The Kier molecular flexibility index (Phi) is 4.99. The lowest BCUT2D eigenvalue weighted by Gasteiger charge is -2.22.